The number of benzene rings is 2. The Bertz CT molecular complexity index is 776. The van der Waals surface area contributed by atoms with Crippen LogP contribution in [-0.4, -0.2) is 35.0 Å². The molecule has 0 N–H and O–H groups in total. The maximum absolute atomic E-state index is 13.1. The van der Waals surface area contributed by atoms with Gasteiger partial charge in [0.1, 0.15) is 6.10 Å². The largest absolute Gasteiger partial charge is 0.463 e. The van der Waals surface area contributed by atoms with Crippen molar-refractivity contribution in [2.75, 3.05) is 13.1 Å². The molecule has 4 rings (SSSR count). The van der Waals surface area contributed by atoms with E-state index in [1.54, 1.807) is 6.20 Å². The van der Waals surface area contributed by atoms with E-state index in [-0.39, 0.29) is 17.9 Å². The second-order valence-electron chi connectivity index (χ2n) is 6.04. The molecule has 25 heavy (non-hydrogen) atoms. The van der Waals surface area contributed by atoms with Crippen molar-refractivity contribution in [1.82, 2.24) is 9.88 Å². The molecule has 5 heteroatoms. The molecule has 1 aliphatic heterocycles. The fourth-order valence-corrected chi connectivity index (χ4v) is 3.61. The van der Waals surface area contributed by atoms with Crippen molar-refractivity contribution < 1.29 is 9.53 Å². The zero-order chi connectivity index (χ0) is 17.1. The highest BCUT2D eigenvalue weighted by molar-refractivity contribution is 7.11. The van der Waals surface area contributed by atoms with Crippen LogP contribution in [0.4, 0.5) is 0 Å². The summed E-state index contributed by atoms with van der Waals surface area (Å²) in [6.07, 6.45) is 1.75. The molecule has 0 atom stereocenters. The number of rotatable bonds is 5. The zero-order valence-corrected chi connectivity index (χ0v) is 14.4. The number of thiazole rings is 1. The quantitative estimate of drug-likeness (QED) is 0.706. The van der Waals surface area contributed by atoms with E-state index < -0.39 is 0 Å². The van der Waals surface area contributed by atoms with E-state index in [4.69, 9.17) is 4.74 Å². The Morgan fingerprint density at radius 1 is 1.04 bits per heavy atom. The Kier molecular flexibility index (Phi) is 4.48. The monoisotopic (exact) mass is 350 g/mol. The van der Waals surface area contributed by atoms with Gasteiger partial charge in [-0.2, -0.15) is 0 Å². The molecule has 1 aromatic heterocycles. The van der Waals surface area contributed by atoms with Crippen molar-refractivity contribution in [3.8, 4) is 5.19 Å². The summed E-state index contributed by atoms with van der Waals surface area (Å²) < 4.78 is 5.78. The van der Waals surface area contributed by atoms with E-state index in [9.17, 15) is 4.79 Å². The molecule has 1 fully saturated rings. The summed E-state index contributed by atoms with van der Waals surface area (Å²) in [7, 11) is 0. The molecule has 0 saturated carbocycles. The lowest BCUT2D eigenvalue weighted by molar-refractivity contribution is -0.140. The predicted octanol–water partition coefficient (Wildman–Crippen LogP) is 3.56. The number of likely N-dealkylation sites (tertiary alicyclic amines) is 1. The first-order valence-corrected chi connectivity index (χ1v) is 9.14. The topological polar surface area (TPSA) is 42.4 Å². The molecule has 1 amide bonds. The Labute approximate surface area is 150 Å². The van der Waals surface area contributed by atoms with Gasteiger partial charge in [-0.05, 0) is 11.1 Å². The Hall–Kier alpha value is -2.66. The van der Waals surface area contributed by atoms with Gasteiger partial charge < -0.3 is 9.64 Å². The number of ether oxygens (including phenoxy) is 1. The first-order chi connectivity index (χ1) is 12.3. The predicted molar refractivity (Wildman–Crippen MR) is 97.8 cm³/mol. The minimum Gasteiger partial charge on any atom is -0.463 e. The molecular weight excluding hydrogens is 332 g/mol. The van der Waals surface area contributed by atoms with Crippen LogP contribution in [0.25, 0.3) is 0 Å². The maximum atomic E-state index is 13.1. The van der Waals surface area contributed by atoms with Gasteiger partial charge in [-0.25, -0.2) is 4.98 Å². The third kappa shape index (κ3) is 3.42. The number of nitrogens with zero attached hydrogens (tertiary/aromatic N) is 2. The van der Waals surface area contributed by atoms with Crippen LogP contribution in [-0.2, 0) is 4.79 Å². The fraction of sp³-hybridized carbons (Fsp3) is 0.200. The van der Waals surface area contributed by atoms with E-state index in [0.717, 1.165) is 11.1 Å². The van der Waals surface area contributed by atoms with E-state index in [1.165, 1.54) is 11.3 Å². The van der Waals surface area contributed by atoms with E-state index in [2.05, 4.69) is 4.98 Å². The molecular formula is C20H18N2O2S. The van der Waals surface area contributed by atoms with Crippen LogP contribution in [0.2, 0.25) is 0 Å². The van der Waals surface area contributed by atoms with Crippen molar-refractivity contribution in [1.29, 1.82) is 0 Å². The van der Waals surface area contributed by atoms with Crippen molar-refractivity contribution in [3.63, 3.8) is 0 Å². The van der Waals surface area contributed by atoms with Gasteiger partial charge >= 0.3 is 0 Å². The van der Waals surface area contributed by atoms with Crippen LogP contribution in [0.5, 0.6) is 5.19 Å². The highest BCUT2D eigenvalue weighted by Crippen LogP contribution is 2.29. The van der Waals surface area contributed by atoms with Gasteiger partial charge in [0, 0.05) is 11.6 Å². The van der Waals surface area contributed by atoms with Gasteiger partial charge in [0.2, 0.25) is 5.91 Å². The van der Waals surface area contributed by atoms with Crippen molar-refractivity contribution in [2.45, 2.75) is 12.0 Å². The number of amides is 1. The minimum atomic E-state index is -0.275. The Morgan fingerprint density at radius 2 is 1.64 bits per heavy atom. The van der Waals surface area contributed by atoms with Crippen LogP contribution in [0.1, 0.15) is 17.0 Å². The number of hydrogen-bond donors (Lipinski definition) is 0. The fourth-order valence-electron chi connectivity index (χ4n) is 3.05. The van der Waals surface area contributed by atoms with Crippen molar-refractivity contribution in [3.05, 3.63) is 83.4 Å². The number of carbonyl (C=O) groups is 1. The Balaban J connectivity index is 1.50. The summed E-state index contributed by atoms with van der Waals surface area (Å²) in [5.41, 5.74) is 2.03. The van der Waals surface area contributed by atoms with Crippen molar-refractivity contribution in [2.24, 2.45) is 0 Å². The zero-order valence-electron chi connectivity index (χ0n) is 13.6. The first-order valence-electron chi connectivity index (χ1n) is 8.26. The standard InChI is InChI=1S/C20H18N2O2S/c23-19(22-13-17(14-22)24-20-21-11-12-25-20)18(15-7-3-1-4-8-15)16-9-5-2-6-10-16/h1-12,17-18H,13-14H2. The lowest BCUT2D eigenvalue weighted by Crippen LogP contribution is -2.57. The van der Waals surface area contributed by atoms with Gasteiger partial charge in [0.25, 0.3) is 5.19 Å². The van der Waals surface area contributed by atoms with E-state index in [1.807, 2.05) is 70.9 Å². The molecule has 0 bridgehead atoms. The molecule has 2 aromatic carbocycles. The summed E-state index contributed by atoms with van der Waals surface area (Å²) in [6.45, 7) is 1.21. The lowest BCUT2D eigenvalue weighted by Gasteiger charge is -2.40. The normalized spacial score (nSPS) is 14.4. The van der Waals surface area contributed by atoms with Crippen LogP contribution >= 0.6 is 11.3 Å². The highest BCUT2D eigenvalue weighted by Gasteiger charge is 2.37. The highest BCUT2D eigenvalue weighted by atomic mass is 32.1. The molecule has 0 spiro atoms. The molecule has 2 heterocycles. The summed E-state index contributed by atoms with van der Waals surface area (Å²) in [5, 5.41) is 2.55. The third-order valence-electron chi connectivity index (χ3n) is 4.35. The third-order valence-corrected chi connectivity index (χ3v) is 5.01. The molecule has 126 valence electrons. The van der Waals surface area contributed by atoms with Gasteiger partial charge in [-0.1, -0.05) is 72.0 Å². The van der Waals surface area contributed by atoms with E-state index in [0.29, 0.717) is 18.3 Å². The van der Waals surface area contributed by atoms with Gasteiger partial charge in [0.05, 0.1) is 19.0 Å². The number of hydrogen-bond acceptors (Lipinski definition) is 4. The molecule has 1 aliphatic rings. The molecule has 4 nitrogen and oxygen atoms in total. The SMILES string of the molecule is O=C(C(c1ccccc1)c1ccccc1)N1CC(Oc2nccs2)C1. The molecule has 0 unspecified atom stereocenters. The summed E-state index contributed by atoms with van der Waals surface area (Å²) in [5.74, 6) is -0.153. The molecule has 0 radical (unpaired) electrons. The summed E-state index contributed by atoms with van der Waals surface area (Å²) in [4.78, 5) is 19.1. The van der Waals surface area contributed by atoms with Gasteiger partial charge in [-0.3, -0.25) is 4.79 Å². The van der Waals surface area contributed by atoms with E-state index >= 15 is 0 Å². The molecule has 1 saturated heterocycles. The average molecular weight is 350 g/mol. The van der Waals surface area contributed by atoms with Crippen LogP contribution in [0, 0.1) is 0 Å². The average Bonchev–Trinajstić information content (AvgIpc) is 3.13. The Morgan fingerprint density at radius 3 is 2.16 bits per heavy atom. The van der Waals surface area contributed by atoms with Crippen LogP contribution in [0.3, 0.4) is 0 Å². The minimum absolute atomic E-state index is 0.0299. The maximum Gasteiger partial charge on any atom is 0.273 e. The second-order valence-corrected chi connectivity index (χ2v) is 6.89. The van der Waals surface area contributed by atoms with Crippen LogP contribution < -0.4 is 4.74 Å². The second kappa shape index (κ2) is 7.07. The molecule has 3 aromatic rings. The number of aromatic nitrogens is 1. The van der Waals surface area contributed by atoms with Crippen molar-refractivity contribution >= 4 is 17.2 Å². The smallest absolute Gasteiger partial charge is 0.273 e. The van der Waals surface area contributed by atoms with Gasteiger partial charge in [0.15, 0.2) is 0 Å². The molecule has 0 aliphatic carbocycles. The summed E-state index contributed by atoms with van der Waals surface area (Å²) >= 11 is 1.47. The number of carbonyl (C=O) groups excluding carboxylic acids is 1. The first kappa shape index (κ1) is 15.8. The summed E-state index contributed by atoms with van der Waals surface area (Å²) in [6, 6.07) is 19.9. The van der Waals surface area contributed by atoms with Gasteiger partial charge in [-0.15, -0.1) is 0 Å². The van der Waals surface area contributed by atoms with Crippen LogP contribution in [0.15, 0.2) is 72.2 Å². The lowest BCUT2D eigenvalue weighted by atomic mass is 9.89.